The molecule has 1 unspecified atom stereocenters. The van der Waals surface area contributed by atoms with Crippen LogP contribution in [0.3, 0.4) is 0 Å². The first kappa shape index (κ1) is 13.6. The molecular weight excluding hydrogens is 292 g/mol. The molecule has 6 heteroatoms. The van der Waals surface area contributed by atoms with Gasteiger partial charge in [-0.05, 0) is 32.6 Å². The molecule has 23 heavy (non-hydrogen) atoms. The summed E-state index contributed by atoms with van der Waals surface area (Å²) in [5, 5.41) is 4.33. The second-order valence-corrected chi connectivity index (χ2v) is 8.04. The van der Waals surface area contributed by atoms with Gasteiger partial charge in [-0.1, -0.05) is 5.16 Å². The Bertz CT molecular complexity index is 712. The number of carbonyl (C=O) groups excluding carboxylic acids is 1. The largest absolute Gasteiger partial charge is 0.389 e. The first-order chi connectivity index (χ1) is 11.0. The number of rotatable bonds is 3. The molecular formula is C17H22N4O2. The van der Waals surface area contributed by atoms with Crippen LogP contribution in [0.4, 0.5) is 0 Å². The number of amides is 1. The van der Waals surface area contributed by atoms with Gasteiger partial charge in [-0.3, -0.25) is 4.79 Å². The molecule has 0 N–H and O–H groups in total. The lowest BCUT2D eigenvalue weighted by atomic mass is 10.1. The molecule has 2 aliphatic heterocycles. The summed E-state index contributed by atoms with van der Waals surface area (Å²) in [4.78, 5) is 24.4. The fraction of sp³-hybridized carbons (Fsp3) is 0.706. The summed E-state index contributed by atoms with van der Waals surface area (Å²) < 4.78 is 1.98. The molecule has 4 aliphatic rings. The number of aromatic nitrogens is 2. The van der Waals surface area contributed by atoms with E-state index in [0.717, 1.165) is 19.5 Å². The number of hydrogen-bond acceptors (Lipinski definition) is 4. The minimum atomic E-state index is 0.00536. The van der Waals surface area contributed by atoms with E-state index in [2.05, 4.69) is 30.9 Å². The normalized spacial score (nSPS) is 39.8. The van der Waals surface area contributed by atoms with E-state index in [1.165, 1.54) is 5.71 Å². The maximum Gasteiger partial charge on any atom is 0.274 e. The van der Waals surface area contributed by atoms with Crippen LogP contribution in [0.1, 0.15) is 43.7 Å². The summed E-state index contributed by atoms with van der Waals surface area (Å²) in [6, 6.07) is 0.327. The Labute approximate surface area is 135 Å². The lowest BCUT2D eigenvalue weighted by Gasteiger charge is -2.18. The molecule has 0 aromatic carbocycles. The van der Waals surface area contributed by atoms with Crippen LogP contribution in [0.2, 0.25) is 0 Å². The third kappa shape index (κ3) is 1.83. The molecule has 0 bridgehead atoms. The van der Waals surface area contributed by atoms with Crippen molar-refractivity contribution < 1.29 is 9.63 Å². The smallest absolute Gasteiger partial charge is 0.274 e. The lowest BCUT2D eigenvalue weighted by Crippen LogP contribution is -2.33. The second-order valence-electron chi connectivity index (χ2n) is 8.04. The highest BCUT2D eigenvalue weighted by atomic mass is 16.7. The van der Waals surface area contributed by atoms with Gasteiger partial charge >= 0.3 is 0 Å². The van der Waals surface area contributed by atoms with Crippen molar-refractivity contribution in [1.29, 1.82) is 0 Å². The van der Waals surface area contributed by atoms with E-state index < -0.39 is 0 Å². The molecule has 3 heterocycles. The maximum absolute atomic E-state index is 12.6. The highest BCUT2D eigenvalue weighted by molar-refractivity contribution is 5.97. The standard InChI is InChI=1S/C17H22N4O2/c1-9(2)21-7-13(18-8-21)16(22)20-5-10-11(6-20)14(10)15-12-4-17(12,3)23-19-15/h7-12,14H,4-6H2,1-3H3/t10-,11+,12-,14?,17-/m0/s1. The van der Waals surface area contributed by atoms with E-state index in [9.17, 15) is 4.79 Å². The van der Waals surface area contributed by atoms with E-state index in [4.69, 9.17) is 4.84 Å². The monoisotopic (exact) mass is 314 g/mol. The fourth-order valence-corrected chi connectivity index (χ4v) is 4.40. The van der Waals surface area contributed by atoms with Crippen LogP contribution in [-0.4, -0.2) is 44.8 Å². The van der Waals surface area contributed by atoms with Gasteiger partial charge in [0, 0.05) is 43.6 Å². The Kier molecular flexibility index (Phi) is 2.46. The first-order valence-electron chi connectivity index (χ1n) is 8.56. The van der Waals surface area contributed by atoms with Crippen molar-refractivity contribution >= 4 is 11.6 Å². The second kappa shape index (κ2) is 4.16. The van der Waals surface area contributed by atoms with Crippen molar-refractivity contribution in [3.63, 3.8) is 0 Å². The van der Waals surface area contributed by atoms with Crippen LogP contribution < -0.4 is 0 Å². The van der Waals surface area contributed by atoms with Crippen LogP contribution in [0.25, 0.3) is 0 Å². The molecule has 2 aliphatic carbocycles. The molecule has 1 aromatic heterocycles. The summed E-state index contributed by atoms with van der Waals surface area (Å²) >= 11 is 0. The van der Waals surface area contributed by atoms with Crippen molar-refractivity contribution in [2.24, 2.45) is 28.8 Å². The Morgan fingerprint density at radius 3 is 2.65 bits per heavy atom. The minimum absolute atomic E-state index is 0.00536. The van der Waals surface area contributed by atoms with Crippen LogP contribution in [-0.2, 0) is 4.84 Å². The van der Waals surface area contributed by atoms with Crippen molar-refractivity contribution in [2.75, 3.05) is 13.1 Å². The Balaban J connectivity index is 1.24. The first-order valence-corrected chi connectivity index (χ1v) is 8.56. The zero-order chi connectivity index (χ0) is 15.9. The molecule has 5 atom stereocenters. The van der Waals surface area contributed by atoms with Gasteiger partial charge < -0.3 is 14.3 Å². The molecule has 1 aromatic rings. The molecule has 0 radical (unpaired) electrons. The number of likely N-dealkylation sites (tertiary alicyclic amines) is 1. The lowest BCUT2D eigenvalue weighted by molar-refractivity contribution is 0.0618. The van der Waals surface area contributed by atoms with E-state index in [1.807, 2.05) is 15.7 Å². The highest BCUT2D eigenvalue weighted by Gasteiger charge is 2.68. The number of nitrogens with zero attached hydrogens (tertiary/aromatic N) is 4. The van der Waals surface area contributed by atoms with Crippen molar-refractivity contribution in [3.05, 3.63) is 18.2 Å². The van der Waals surface area contributed by atoms with Crippen LogP contribution >= 0.6 is 0 Å². The summed E-state index contributed by atoms with van der Waals surface area (Å²) in [5.41, 5.74) is 1.84. The number of imidazole rings is 1. The Hall–Kier alpha value is -1.85. The van der Waals surface area contributed by atoms with Crippen LogP contribution in [0.15, 0.2) is 17.7 Å². The van der Waals surface area contributed by atoms with E-state index in [0.29, 0.717) is 35.4 Å². The van der Waals surface area contributed by atoms with Gasteiger partial charge in [-0.2, -0.15) is 0 Å². The van der Waals surface area contributed by atoms with Gasteiger partial charge in [-0.25, -0.2) is 4.98 Å². The molecule has 1 saturated heterocycles. The molecule has 0 spiro atoms. The number of fused-ring (bicyclic) bond motifs is 2. The zero-order valence-electron chi connectivity index (χ0n) is 13.8. The minimum Gasteiger partial charge on any atom is -0.389 e. The van der Waals surface area contributed by atoms with Crippen LogP contribution in [0.5, 0.6) is 0 Å². The molecule has 1 amide bonds. The van der Waals surface area contributed by atoms with Gasteiger partial charge in [0.2, 0.25) is 0 Å². The third-order valence-electron chi connectivity index (χ3n) is 6.14. The molecule has 2 saturated carbocycles. The van der Waals surface area contributed by atoms with E-state index >= 15 is 0 Å². The Morgan fingerprint density at radius 2 is 2.13 bits per heavy atom. The predicted molar refractivity (Wildman–Crippen MR) is 84.0 cm³/mol. The summed E-state index contributed by atoms with van der Waals surface area (Å²) in [5.74, 6) is 2.33. The SMILES string of the molecule is CC(C)n1cnc(C(=O)N2C[C@@H]3C(C4=NO[C@@]5(C)C[C@@H]45)[C@@H]3C2)c1. The summed E-state index contributed by atoms with van der Waals surface area (Å²) in [7, 11) is 0. The average Bonchev–Trinajstić information content (AvgIpc) is 3.14. The summed E-state index contributed by atoms with van der Waals surface area (Å²) in [6.07, 6.45) is 4.73. The average molecular weight is 314 g/mol. The van der Waals surface area contributed by atoms with Gasteiger partial charge in [0.05, 0.1) is 12.0 Å². The van der Waals surface area contributed by atoms with E-state index in [1.54, 1.807) is 6.33 Å². The number of oxime groups is 1. The van der Waals surface area contributed by atoms with Gasteiger partial charge in [0.15, 0.2) is 0 Å². The number of piperidine rings is 1. The van der Waals surface area contributed by atoms with Crippen molar-refractivity contribution in [2.45, 2.75) is 38.8 Å². The molecule has 3 fully saturated rings. The van der Waals surface area contributed by atoms with Gasteiger partial charge in [-0.15, -0.1) is 0 Å². The summed E-state index contributed by atoms with van der Waals surface area (Å²) in [6.45, 7) is 7.99. The third-order valence-corrected chi connectivity index (χ3v) is 6.14. The zero-order valence-corrected chi connectivity index (χ0v) is 13.8. The van der Waals surface area contributed by atoms with E-state index in [-0.39, 0.29) is 11.5 Å². The van der Waals surface area contributed by atoms with Crippen molar-refractivity contribution in [1.82, 2.24) is 14.5 Å². The van der Waals surface area contributed by atoms with Crippen LogP contribution in [0, 0.1) is 23.7 Å². The van der Waals surface area contributed by atoms with Gasteiger partial charge in [0.25, 0.3) is 5.91 Å². The molecule has 122 valence electrons. The topological polar surface area (TPSA) is 59.7 Å². The highest BCUT2D eigenvalue weighted by Crippen LogP contribution is 2.61. The fourth-order valence-electron chi connectivity index (χ4n) is 4.40. The Morgan fingerprint density at radius 1 is 1.39 bits per heavy atom. The predicted octanol–water partition coefficient (Wildman–Crippen LogP) is 1.95. The number of carbonyl (C=O) groups is 1. The number of hydrogen-bond donors (Lipinski definition) is 0. The molecule has 5 rings (SSSR count). The van der Waals surface area contributed by atoms with Gasteiger partial charge in [0.1, 0.15) is 11.3 Å². The van der Waals surface area contributed by atoms with Crippen molar-refractivity contribution in [3.8, 4) is 0 Å². The molecule has 6 nitrogen and oxygen atoms in total. The quantitative estimate of drug-likeness (QED) is 0.857. The maximum atomic E-state index is 12.6.